The molecule has 78 valence electrons. The Balaban J connectivity index is 2.18. The molecule has 0 fully saturated rings. The highest BCUT2D eigenvalue weighted by atomic mass is 127. The lowest BCUT2D eigenvalue weighted by Gasteiger charge is -2.06. The van der Waals surface area contributed by atoms with Crippen LogP contribution < -0.4 is 5.73 Å². The summed E-state index contributed by atoms with van der Waals surface area (Å²) in [6.07, 6.45) is 3.75. The van der Waals surface area contributed by atoms with E-state index in [2.05, 4.69) is 56.4 Å². The minimum atomic E-state index is 0.484. The van der Waals surface area contributed by atoms with Gasteiger partial charge in [0.05, 0.1) is 6.54 Å². The smallest absolute Gasteiger partial charge is 0.122 e. The van der Waals surface area contributed by atoms with E-state index in [1.165, 1.54) is 9.13 Å². The lowest BCUT2D eigenvalue weighted by atomic mass is 10.2. The fourth-order valence-corrected chi connectivity index (χ4v) is 1.82. The maximum atomic E-state index is 5.59. The molecule has 0 unspecified atom stereocenters. The van der Waals surface area contributed by atoms with Crippen LogP contribution in [0, 0.1) is 3.57 Å². The van der Waals surface area contributed by atoms with Crippen molar-refractivity contribution >= 4 is 22.6 Å². The molecular formula is C11H12IN3. The van der Waals surface area contributed by atoms with Crippen molar-refractivity contribution < 1.29 is 0 Å². The molecule has 0 aliphatic carbocycles. The van der Waals surface area contributed by atoms with Crippen LogP contribution in [0.3, 0.4) is 0 Å². The van der Waals surface area contributed by atoms with E-state index in [1.54, 1.807) is 6.20 Å². The average molecular weight is 313 g/mol. The lowest BCUT2D eigenvalue weighted by Crippen LogP contribution is -2.08. The second-order valence-electron chi connectivity index (χ2n) is 3.30. The molecule has 1 heterocycles. The van der Waals surface area contributed by atoms with E-state index in [-0.39, 0.29) is 0 Å². The third kappa shape index (κ3) is 2.57. The second kappa shape index (κ2) is 4.76. The van der Waals surface area contributed by atoms with Crippen molar-refractivity contribution in [3.63, 3.8) is 0 Å². The largest absolute Gasteiger partial charge is 0.329 e. The molecule has 0 aliphatic heterocycles. The molecule has 15 heavy (non-hydrogen) atoms. The molecule has 1 aromatic heterocycles. The van der Waals surface area contributed by atoms with Crippen molar-refractivity contribution in [3.05, 3.63) is 51.6 Å². The molecule has 0 atom stereocenters. The SMILES string of the molecule is NCc1nccn1Cc1ccc(I)cc1. The Morgan fingerprint density at radius 1 is 1.27 bits per heavy atom. The van der Waals surface area contributed by atoms with E-state index >= 15 is 0 Å². The number of imidazole rings is 1. The van der Waals surface area contributed by atoms with Crippen LogP contribution in [0.1, 0.15) is 11.4 Å². The highest BCUT2D eigenvalue weighted by Gasteiger charge is 2.00. The second-order valence-corrected chi connectivity index (χ2v) is 4.55. The Morgan fingerprint density at radius 2 is 2.00 bits per heavy atom. The van der Waals surface area contributed by atoms with Gasteiger partial charge in [-0.05, 0) is 40.3 Å². The Morgan fingerprint density at radius 3 is 2.67 bits per heavy atom. The number of aromatic nitrogens is 2. The van der Waals surface area contributed by atoms with Gasteiger partial charge in [0, 0.05) is 22.5 Å². The molecule has 1 aromatic carbocycles. The predicted molar refractivity (Wildman–Crippen MR) is 68.4 cm³/mol. The standard InChI is InChI=1S/C11H12IN3/c12-10-3-1-9(2-4-10)8-15-6-5-14-11(15)7-13/h1-6H,7-8,13H2. The van der Waals surface area contributed by atoms with Crippen LogP contribution >= 0.6 is 22.6 Å². The highest BCUT2D eigenvalue weighted by Crippen LogP contribution is 2.09. The number of nitrogens with zero attached hydrogens (tertiary/aromatic N) is 2. The molecule has 2 aromatic rings. The summed E-state index contributed by atoms with van der Waals surface area (Å²) in [5, 5.41) is 0. The van der Waals surface area contributed by atoms with E-state index in [1.807, 2.05) is 6.20 Å². The Labute approximate surface area is 102 Å². The first-order valence-electron chi connectivity index (χ1n) is 4.74. The number of benzene rings is 1. The molecular weight excluding hydrogens is 301 g/mol. The van der Waals surface area contributed by atoms with Gasteiger partial charge in [0.15, 0.2) is 0 Å². The zero-order valence-electron chi connectivity index (χ0n) is 8.23. The molecule has 0 bridgehead atoms. The summed E-state index contributed by atoms with van der Waals surface area (Å²) in [5.74, 6) is 0.925. The van der Waals surface area contributed by atoms with E-state index in [0.29, 0.717) is 6.54 Å². The summed E-state index contributed by atoms with van der Waals surface area (Å²) >= 11 is 2.30. The molecule has 2 rings (SSSR count). The minimum Gasteiger partial charge on any atom is -0.329 e. The summed E-state index contributed by atoms with van der Waals surface area (Å²) < 4.78 is 3.32. The minimum absolute atomic E-state index is 0.484. The predicted octanol–water partition coefficient (Wildman–Crippen LogP) is 1.99. The van der Waals surface area contributed by atoms with Gasteiger partial charge >= 0.3 is 0 Å². The monoisotopic (exact) mass is 313 g/mol. The van der Waals surface area contributed by atoms with Crippen molar-refractivity contribution in [1.29, 1.82) is 0 Å². The topological polar surface area (TPSA) is 43.8 Å². The van der Waals surface area contributed by atoms with Crippen LogP contribution in [-0.2, 0) is 13.1 Å². The molecule has 0 aliphatic rings. The van der Waals surface area contributed by atoms with Crippen LogP contribution in [0.2, 0.25) is 0 Å². The Bertz CT molecular complexity index is 433. The van der Waals surface area contributed by atoms with Gasteiger partial charge in [-0.1, -0.05) is 12.1 Å². The zero-order chi connectivity index (χ0) is 10.7. The molecule has 0 radical (unpaired) electrons. The van der Waals surface area contributed by atoms with Crippen LogP contribution in [0.25, 0.3) is 0 Å². The van der Waals surface area contributed by atoms with Crippen molar-refractivity contribution in [2.75, 3.05) is 0 Å². The highest BCUT2D eigenvalue weighted by molar-refractivity contribution is 14.1. The zero-order valence-corrected chi connectivity index (χ0v) is 10.4. The van der Waals surface area contributed by atoms with Gasteiger partial charge in [-0.15, -0.1) is 0 Å². The summed E-state index contributed by atoms with van der Waals surface area (Å²) in [7, 11) is 0. The first-order chi connectivity index (χ1) is 7.29. The maximum absolute atomic E-state index is 5.59. The summed E-state index contributed by atoms with van der Waals surface area (Å²) in [6.45, 7) is 1.32. The average Bonchev–Trinajstić information content (AvgIpc) is 2.69. The Kier molecular flexibility index (Phi) is 3.37. The lowest BCUT2D eigenvalue weighted by molar-refractivity contribution is 0.724. The van der Waals surface area contributed by atoms with Crippen molar-refractivity contribution in [2.24, 2.45) is 5.73 Å². The Hall–Kier alpha value is -0.880. The van der Waals surface area contributed by atoms with Gasteiger partial charge in [0.1, 0.15) is 5.82 Å². The number of nitrogens with two attached hydrogens (primary N) is 1. The van der Waals surface area contributed by atoms with E-state index < -0.39 is 0 Å². The number of rotatable bonds is 3. The van der Waals surface area contributed by atoms with Crippen molar-refractivity contribution in [2.45, 2.75) is 13.1 Å². The third-order valence-corrected chi connectivity index (χ3v) is 2.97. The van der Waals surface area contributed by atoms with Gasteiger partial charge in [-0.3, -0.25) is 0 Å². The van der Waals surface area contributed by atoms with Gasteiger partial charge in [0.2, 0.25) is 0 Å². The quantitative estimate of drug-likeness (QED) is 0.881. The normalized spacial score (nSPS) is 10.5. The maximum Gasteiger partial charge on any atom is 0.122 e. The van der Waals surface area contributed by atoms with Gasteiger partial charge in [-0.2, -0.15) is 0 Å². The molecule has 3 nitrogen and oxygen atoms in total. The van der Waals surface area contributed by atoms with Crippen LogP contribution in [0.5, 0.6) is 0 Å². The number of hydrogen-bond donors (Lipinski definition) is 1. The molecule has 4 heteroatoms. The molecule has 0 amide bonds. The van der Waals surface area contributed by atoms with Crippen molar-refractivity contribution in [1.82, 2.24) is 9.55 Å². The first-order valence-corrected chi connectivity index (χ1v) is 5.82. The van der Waals surface area contributed by atoms with Crippen LogP contribution in [-0.4, -0.2) is 9.55 Å². The van der Waals surface area contributed by atoms with Crippen LogP contribution in [0.15, 0.2) is 36.7 Å². The van der Waals surface area contributed by atoms with E-state index in [4.69, 9.17) is 5.73 Å². The summed E-state index contributed by atoms with van der Waals surface area (Å²) in [5.41, 5.74) is 6.86. The third-order valence-electron chi connectivity index (χ3n) is 2.25. The number of hydrogen-bond acceptors (Lipinski definition) is 2. The molecule has 0 saturated carbocycles. The summed E-state index contributed by atoms with van der Waals surface area (Å²) in [4.78, 5) is 4.18. The fraction of sp³-hybridized carbons (Fsp3) is 0.182. The molecule has 0 saturated heterocycles. The molecule has 0 spiro atoms. The van der Waals surface area contributed by atoms with Gasteiger partial charge < -0.3 is 10.3 Å². The first kappa shape index (κ1) is 10.6. The van der Waals surface area contributed by atoms with E-state index in [9.17, 15) is 0 Å². The van der Waals surface area contributed by atoms with Gasteiger partial charge in [0.25, 0.3) is 0 Å². The van der Waals surface area contributed by atoms with Gasteiger partial charge in [-0.25, -0.2) is 4.98 Å². The molecule has 2 N–H and O–H groups in total. The van der Waals surface area contributed by atoms with Crippen LogP contribution in [0.4, 0.5) is 0 Å². The fourth-order valence-electron chi connectivity index (χ4n) is 1.46. The van der Waals surface area contributed by atoms with Crippen molar-refractivity contribution in [3.8, 4) is 0 Å². The van der Waals surface area contributed by atoms with E-state index in [0.717, 1.165) is 12.4 Å². The number of halogens is 1. The summed E-state index contributed by atoms with van der Waals surface area (Å²) in [6, 6.07) is 8.47.